The Morgan fingerprint density at radius 2 is 1.65 bits per heavy atom. The van der Waals surface area contributed by atoms with Crippen LogP contribution in [0.4, 0.5) is 11.4 Å². The monoisotopic (exact) mass is 352 g/mol. The van der Waals surface area contributed by atoms with Crippen molar-refractivity contribution in [2.75, 3.05) is 15.9 Å². The third-order valence-corrected chi connectivity index (χ3v) is 4.80. The van der Waals surface area contributed by atoms with Gasteiger partial charge in [0.15, 0.2) is 0 Å². The van der Waals surface area contributed by atoms with Gasteiger partial charge < -0.3 is 5.32 Å². The van der Waals surface area contributed by atoms with Crippen LogP contribution in [0.1, 0.15) is 6.92 Å². The molecule has 0 saturated heterocycles. The first-order valence-corrected chi connectivity index (χ1v) is 9.13. The third-order valence-electron chi connectivity index (χ3n) is 3.23. The van der Waals surface area contributed by atoms with Crippen LogP contribution in [0.2, 0.25) is 5.02 Å². The van der Waals surface area contributed by atoms with Gasteiger partial charge in [0.2, 0.25) is 15.9 Å². The number of anilines is 2. The number of amides is 1. The summed E-state index contributed by atoms with van der Waals surface area (Å²) in [6, 6.07) is 14.3. The summed E-state index contributed by atoms with van der Waals surface area (Å²) >= 11 is 6.01. The molecule has 23 heavy (non-hydrogen) atoms. The van der Waals surface area contributed by atoms with Gasteiger partial charge in [-0.3, -0.25) is 9.10 Å². The number of carbonyl (C=O) groups is 1. The summed E-state index contributed by atoms with van der Waals surface area (Å²) in [5.41, 5.74) is 0.865. The highest BCUT2D eigenvalue weighted by atomic mass is 35.5. The topological polar surface area (TPSA) is 66.5 Å². The van der Waals surface area contributed by atoms with Gasteiger partial charge in [0, 0.05) is 0 Å². The van der Waals surface area contributed by atoms with Gasteiger partial charge in [0.1, 0.15) is 6.04 Å². The van der Waals surface area contributed by atoms with Crippen molar-refractivity contribution in [1.29, 1.82) is 0 Å². The molecule has 1 atom stereocenters. The lowest BCUT2D eigenvalue weighted by Crippen LogP contribution is -2.45. The molecule has 0 spiro atoms. The molecule has 5 nitrogen and oxygen atoms in total. The van der Waals surface area contributed by atoms with E-state index < -0.39 is 22.0 Å². The molecule has 0 fully saturated rings. The van der Waals surface area contributed by atoms with Crippen LogP contribution in [0.3, 0.4) is 0 Å². The van der Waals surface area contributed by atoms with Crippen LogP contribution in [-0.4, -0.2) is 26.6 Å². The number of hydrogen-bond acceptors (Lipinski definition) is 3. The molecule has 1 amide bonds. The van der Waals surface area contributed by atoms with E-state index in [-0.39, 0.29) is 0 Å². The number of benzene rings is 2. The van der Waals surface area contributed by atoms with E-state index in [2.05, 4.69) is 5.32 Å². The second-order valence-corrected chi connectivity index (χ2v) is 7.31. The minimum absolute atomic E-state index is 0.388. The number of nitrogens with zero attached hydrogens (tertiary/aromatic N) is 1. The molecule has 0 bridgehead atoms. The van der Waals surface area contributed by atoms with Crippen molar-refractivity contribution in [2.45, 2.75) is 13.0 Å². The van der Waals surface area contributed by atoms with Crippen molar-refractivity contribution >= 4 is 38.9 Å². The van der Waals surface area contributed by atoms with E-state index in [0.717, 1.165) is 10.6 Å². The first-order chi connectivity index (χ1) is 10.8. The van der Waals surface area contributed by atoms with Gasteiger partial charge >= 0.3 is 0 Å². The van der Waals surface area contributed by atoms with E-state index in [4.69, 9.17) is 11.6 Å². The Morgan fingerprint density at radius 3 is 2.22 bits per heavy atom. The van der Waals surface area contributed by atoms with Gasteiger partial charge in [-0.25, -0.2) is 8.42 Å². The van der Waals surface area contributed by atoms with Crippen molar-refractivity contribution in [3.05, 3.63) is 59.6 Å². The first kappa shape index (κ1) is 17.3. The van der Waals surface area contributed by atoms with Crippen LogP contribution in [0.15, 0.2) is 54.6 Å². The molecule has 0 saturated carbocycles. The second-order valence-electron chi connectivity index (χ2n) is 5.04. The molecule has 0 radical (unpaired) electrons. The molecule has 0 unspecified atom stereocenters. The summed E-state index contributed by atoms with van der Waals surface area (Å²) in [6.45, 7) is 1.53. The number of hydrogen-bond donors (Lipinski definition) is 1. The fraction of sp³-hybridized carbons (Fsp3) is 0.188. The Bertz CT molecular complexity index is 794. The van der Waals surface area contributed by atoms with Gasteiger partial charge in [-0.05, 0) is 31.2 Å². The molecule has 2 rings (SSSR count). The molecule has 0 aliphatic carbocycles. The first-order valence-electron chi connectivity index (χ1n) is 6.90. The highest BCUT2D eigenvalue weighted by Gasteiger charge is 2.29. The van der Waals surface area contributed by atoms with Gasteiger partial charge in [-0.15, -0.1) is 0 Å². The molecule has 2 aromatic rings. The highest BCUT2D eigenvalue weighted by molar-refractivity contribution is 7.92. The van der Waals surface area contributed by atoms with Crippen molar-refractivity contribution in [1.82, 2.24) is 0 Å². The molecule has 1 N–H and O–H groups in total. The molecule has 122 valence electrons. The number of nitrogens with one attached hydrogen (secondary N) is 1. The normalized spacial score (nSPS) is 12.5. The predicted octanol–water partition coefficient (Wildman–Crippen LogP) is 3.13. The zero-order chi connectivity index (χ0) is 17.0. The number of para-hydroxylation sites is 2. The Hall–Kier alpha value is -2.05. The Labute approximate surface area is 140 Å². The summed E-state index contributed by atoms with van der Waals surface area (Å²) < 4.78 is 25.3. The summed E-state index contributed by atoms with van der Waals surface area (Å²) in [5, 5.41) is 3.04. The molecule has 0 aliphatic rings. The van der Waals surface area contributed by atoms with Crippen LogP contribution in [0.25, 0.3) is 0 Å². The van der Waals surface area contributed by atoms with Crippen LogP contribution in [0, 0.1) is 0 Å². The van der Waals surface area contributed by atoms with E-state index in [1.165, 1.54) is 6.92 Å². The van der Waals surface area contributed by atoms with Crippen molar-refractivity contribution < 1.29 is 13.2 Å². The average Bonchev–Trinajstić information content (AvgIpc) is 2.49. The largest absolute Gasteiger partial charge is 0.323 e. The van der Waals surface area contributed by atoms with Crippen LogP contribution < -0.4 is 9.62 Å². The third kappa shape index (κ3) is 4.24. The molecular formula is C16H17ClN2O3S. The lowest BCUT2D eigenvalue weighted by molar-refractivity contribution is -0.116. The fourth-order valence-electron chi connectivity index (χ4n) is 2.18. The zero-order valence-corrected chi connectivity index (χ0v) is 14.3. The predicted molar refractivity (Wildman–Crippen MR) is 93.3 cm³/mol. The number of carbonyl (C=O) groups excluding carboxylic acids is 1. The minimum atomic E-state index is -3.63. The van der Waals surface area contributed by atoms with Gasteiger partial charge in [0.05, 0.1) is 22.7 Å². The molecule has 0 heterocycles. The van der Waals surface area contributed by atoms with Crippen molar-refractivity contribution in [2.24, 2.45) is 0 Å². The van der Waals surface area contributed by atoms with Crippen molar-refractivity contribution in [3.8, 4) is 0 Å². The molecular weight excluding hydrogens is 336 g/mol. The Morgan fingerprint density at radius 1 is 1.09 bits per heavy atom. The standard InChI is InChI=1S/C16H17ClN2O3S/c1-12(16(20)18-15-11-7-6-10-14(15)17)19(23(2,21)22)13-8-4-3-5-9-13/h3-12H,1-2H3,(H,18,20)/t12-/m0/s1. The smallest absolute Gasteiger partial charge is 0.248 e. The zero-order valence-electron chi connectivity index (χ0n) is 12.7. The van der Waals surface area contributed by atoms with Crippen LogP contribution in [-0.2, 0) is 14.8 Å². The minimum Gasteiger partial charge on any atom is -0.323 e. The summed E-state index contributed by atoms with van der Waals surface area (Å²) in [6.07, 6.45) is 1.07. The molecule has 0 aromatic heterocycles. The Balaban J connectivity index is 2.29. The van der Waals surface area contributed by atoms with E-state index in [1.807, 2.05) is 0 Å². The number of halogens is 1. The fourth-order valence-corrected chi connectivity index (χ4v) is 3.54. The highest BCUT2D eigenvalue weighted by Crippen LogP contribution is 2.23. The van der Waals surface area contributed by atoms with Gasteiger partial charge in [-0.2, -0.15) is 0 Å². The van der Waals surface area contributed by atoms with E-state index in [9.17, 15) is 13.2 Å². The van der Waals surface area contributed by atoms with Gasteiger partial charge in [-0.1, -0.05) is 41.9 Å². The van der Waals surface area contributed by atoms with Crippen LogP contribution in [0.5, 0.6) is 0 Å². The maximum atomic E-state index is 12.5. The summed E-state index contributed by atoms with van der Waals surface area (Å²) in [5.74, 6) is -0.465. The van der Waals surface area contributed by atoms with E-state index in [0.29, 0.717) is 16.4 Å². The average molecular weight is 353 g/mol. The molecule has 7 heteroatoms. The van der Waals surface area contributed by atoms with E-state index >= 15 is 0 Å². The lowest BCUT2D eigenvalue weighted by Gasteiger charge is -2.28. The van der Waals surface area contributed by atoms with Crippen LogP contribution >= 0.6 is 11.6 Å². The maximum absolute atomic E-state index is 12.5. The van der Waals surface area contributed by atoms with Gasteiger partial charge in [0.25, 0.3) is 0 Å². The number of sulfonamides is 1. The molecule has 0 aliphatic heterocycles. The SMILES string of the molecule is C[C@@H](C(=O)Nc1ccccc1Cl)N(c1ccccc1)S(C)(=O)=O. The van der Waals surface area contributed by atoms with E-state index in [1.54, 1.807) is 54.6 Å². The summed E-state index contributed by atoms with van der Waals surface area (Å²) in [7, 11) is -3.63. The summed E-state index contributed by atoms with van der Waals surface area (Å²) in [4.78, 5) is 12.5. The molecule has 2 aromatic carbocycles. The Kier molecular flexibility index (Phi) is 5.28. The maximum Gasteiger partial charge on any atom is 0.248 e. The second kappa shape index (κ2) is 7.02. The lowest BCUT2D eigenvalue weighted by atomic mass is 10.2. The number of rotatable bonds is 5. The van der Waals surface area contributed by atoms with Crippen molar-refractivity contribution in [3.63, 3.8) is 0 Å². The quantitative estimate of drug-likeness (QED) is 0.899.